The van der Waals surface area contributed by atoms with Crippen LogP contribution in [0, 0.1) is 0 Å². The van der Waals surface area contributed by atoms with Crippen LogP contribution in [0.4, 0.5) is 9.59 Å². The van der Waals surface area contributed by atoms with Gasteiger partial charge in [-0.05, 0) is 5.56 Å². The van der Waals surface area contributed by atoms with E-state index in [1.54, 1.807) is 38.4 Å². The number of rotatable bonds is 12. The summed E-state index contributed by atoms with van der Waals surface area (Å²) in [4.78, 5) is 41.5. The Balaban J connectivity index is 1.84. The number of benzene rings is 1. The second-order valence-corrected chi connectivity index (χ2v) is 6.88. The molecule has 11 nitrogen and oxygen atoms in total. The van der Waals surface area contributed by atoms with Crippen molar-refractivity contribution in [2.75, 3.05) is 40.5 Å². The van der Waals surface area contributed by atoms with Crippen LogP contribution < -0.4 is 5.32 Å². The lowest BCUT2D eigenvalue weighted by Crippen LogP contribution is -2.42. The number of carboxylic acids is 1. The summed E-state index contributed by atoms with van der Waals surface area (Å²) in [6.07, 6.45) is 1.76. The molecule has 0 aliphatic carbocycles. The third-order valence-electron chi connectivity index (χ3n) is 4.40. The van der Waals surface area contributed by atoms with Gasteiger partial charge in [0.2, 0.25) is 0 Å². The minimum absolute atomic E-state index is 0.0175. The molecule has 1 atom stereocenters. The maximum atomic E-state index is 12.5. The third-order valence-corrected chi connectivity index (χ3v) is 4.40. The molecule has 1 unspecified atom stereocenters. The molecule has 0 bridgehead atoms. The molecule has 0 aliphatic heterocycles. The fraction of sp³-hybridized carbons (Fsp3) is 0.429. The van der Waals surface area contributed by atoms with Gasteiger partial charge < -0.3 is 29.5 Å². The lowest BCUT2D eigenvalue weighted by atomic mass is 10.2. The Bertz CT molecular complexity index is 872. The minimum atomic E-state index is -1.26. The van der Waals surface area contributed by atoms with Crippen LogP contribution in [0.2, 0.25) is 0 Å². The zero-order valence-corrected chi connectivity index (χ0v) is 18.1. The van der Waals surface area contributed by atoms with E-state index in [-0.39, 0.29) is 19.1 Å². The van der Waals surface area contributed by atoms with E-state index in [9.17, 15) is 19.5 Å². The second kappa shape index (κ2) is 13.1. The molecule has 1 aromatic heterocycles. The van der Waals surface area contributed by atoms with E-state index in [2.05, 4.69) is 10.3 Å². The number of nitrogens with zero attached hydrogens (tertiary/aromatic N) is 3. The van der Waals surface area contributed by atoms with Crippen molar-refractivity contribution in [3.63, 3.8) is 0 Å². The molecule has 2 amide bonds. The highest BCUT2D eigenvalue weighted by molar-refractivity contribution is 5.80. The number of aliphatic carboxylic acids is 1. The van der Waals surface area contributed by atoms with Gasteiger partial charge in [-0.3, -0.25) is 4.57 Å². The first kappa shape index (κ1) is 24.8. The van der Waals surface area contributed by atoms with Gasteiger partial charge in [-0.25, -0.2) is 19.4 Å². The van der Waals surface area contributed by atoms with Gasteiger partial charge in [0.05, 0.1) is 25.5 Å². The number of amides is 2. The van der Waals surface area contributed by atoms with Crippen LogP contribution in [-0.4, -0.2) is 84.2 Å². The number of carboxylic acid groups (broad SMARTS) is 1. The predicted molar refractivity (Wildman–Crippen MR) is 113 cm³/mol. The van der Waals surface area contributed by atoms with Gasteiger partial charge >= 0.3 is 18.1 Å². The maximum Gasteiger partial charge on any atom is 0.408 e. The zero-order chi connectivity index (χ0) is 23.3. The summed E-state index contributed by atoms with van der Waals surface area (Å²) in [5.74, 6) is -1.24. The van der Waals surface area contributed by atoms with Crippen LogP contribution >= 0.6 is 0 Å². The number of ether oxygens (including phenoxy) is 3. The highest BCUT2D eigenvalue weighted by Gasteiger charge is 2.23. The summed E-state index contributed by atoms with van der Waals surface area (Å²) in [5.41, 5.74) is 1.11. The summed E-state index contributed by atoms with van der Waals surface area (Å²) in [6.45, 7) is 1.64. The van der Waals surface area contributed by atoms with Crippen molar-refractivity contribution in [3.05, 3.63) is 54.1 Å². The number of imidazole rings is 1. The monoisotopic (exact) mass is 448 g/mol. The van der Waals surface area contributed by atoms with E-state index in [0.717, 1.165) is 5.56 Å². The molecular formula is C21H28N4O7. The normalized spacial score (nSPS) is 11.6. The molecule has 0 saturated carbocycles. The van der Waals surface area contributed by atoms with E-state index in [1.165, 1.54) is 22.0 Å². The van der Waals surface area contributed by atoms with Crippen LogP contribution in [0.15, 0.2) is 42.9 Å². The van der Waals surface area contributed by atoms with Crippen molar-refractivity contribution in [1.29, 1.82) is 0 Å². The van der Waals surface area contributed by atoms with Crippen molar-refractivity contribution in [3.8, 4) is 0 Å². The predicted octanol–water partition coefficient (Wildman–Crippen LogP) is 1.37. The Morgan fingerprint density at radius 1 is 1.19 bits per heavy atom. The standard InChI is InChI=1S/C21H28N4O7/c1-24(8-9-31-11-10-30-2)21(29)25-13-17(22-15-25)12-18(19(26)27)23-20(28)32-14-16-6-4-3-5-7-16/h3-7,13,15,18H,8-12,14H2,1-2H3,(H,23,28)(H,26,27). The first-order valence-electron chi connectivity index (χ1n) is 9.95. The molecule has 1 heterocycles. The van der Waals surface area contributed by atoms with E-state index >= 15 is 0 Å². The summed E-state index contributed by atoms with van der Waals surface area (Å²) in [7, 11) is 3.19. The van der Waals surface area contributed by atoms with Gasteiger partial charge in [0.15, 0.2) is 0 Å². The van der Waals surface area contributed by atoms with Crippen LogP contribution in [0.25, 0.3) is 0 Å². The molecule has 0 spiro atoms. The second-order valence-electron chi connectivity index (χ2n) is 6.88. The average molecular weight is 448 g/mol. The van der Waals surface area contributed by atoms with Crippen LogP contribution in [0.5, 0.6) is 0 Å². The lowest BCUT2D eigenvalue weighted by molar-refractivity contribution is -0.139. The van der Waals surface area contributed by atoms with Crippen molar-refractivity contribution >= 4 is 18.1 Å². The Labute approximate surface area is 185 Å². The Hall–Kier alpha value is -3.44. The highest BCUT2D eigenvalue weighted by Crippen LogP contribution is 2.05. The molecule has 174 valence electrons. The fourth-order valence-corrected chi connectivity index (χ4v) is 2.63. The number of carbonyl (C=O) groups excluding carboxylic acids is 2. The number of nitrogens with one attached hydrogen (secondary N) is 1. The summed E-state index contributed by atoms with van der Waals surface area (Å²) in [6, 6.07) is 7.41. The molecule has 2 rings (SSSR count). The first-order chi connectivity index (χ1) is 15.4. The van der Waals surface area contributed by atoms with Gasteiger partial charge in [0.25, 0.3) is 0 Å². The topological polar surface area (TPSA) is 132 Å². The molecular weight excluding hydrogens is 420 g/mol. The largest absolute Gasteiger partial charge is 0.480 e. The van der Waals surface area contributed by atoms with Crippen LogP contribution in [0.3, 0.4) is 0 Å². The van der Waals surface area contributed by atoms with Gasteiger partial charge in [-0.2, -0.15) is 0 Å². The number of hydrogen-bond acceptors (Lipinski definition) is 7. The van der Waals surface area contributed by atoms with Crippen LogP contribution in [0.1, 0.15) is 11.3 Å². The van der Waals surface area contributed by atoms with Crippen molar-refractivity contribution in [2.45, 2.75) is 19.1 Å². The SMILES string of the molecule is COCCOCCN(C)C(=O)n1cnc(CC(NC(=O)OCc2ccccc2)C(=O)O)c1. The number of carbonyl (C=O) groups is 3. The van der Waals surface area contributed by atoms with Crippen molar-refractivity contribution < 1.29 is 33.7 Å². The highest BCUT2D eigenvalue weighted by atomic mass is 16.5. The zero-order valence-electron chi connectivity index (χ0n) is 18.1. The van der Waals surface area contributed by atoms with Crippen molar-refractivity contribution in [1.82, 2.24) is 19.8 Å². The van der Waals surface area contributed by atoms with E-state index in [4.69, 9.17) is 14.2 Å². The van der Waals surface area contributed by atoms with Crippen molar-refractivity contribution in [2.24, 2.45) is 0 Å². The molecule has 11 heteroatoms. The number of likely N-dealkylation sites (N-methyl/N-ethyl adjacent to an activating group) is 1. The summed E-state index contributed by atoms with van der Waals surface area (Å²) >= 11 is 0. The maximum absolute atomic E-state index is 12.5. The van der Waals surface area contributed by atoms with Gasteiger partial charge in [-0.1, -0.05) is 30.3 Å². The summed E-state index contributed by atoms with van der Waals surface area (Å²) in [5, 5.41) is 11.7. The number of hydrogen-bond donors (Lipinski definition) is 2. The smallest absolute Gasteiger partial charge is 0.408 e. The summed E-state index contributed by atoms with van der Waals surface area (Å²) < 4.78 is 16.5. The average Bonchev–Trinajstić information content (AvgIpc) is 3.25. The molecule has 2 N–H and O–H groups in total. The first-order valence-corrected chi connectivity index (χ1v) is 9.95. The molecule has 32 heavy (non-hydrogen) atoms. The molecule has 0 radical (unpaired) electrons. The quantitative estimate of drug-likeness (QED) is 0.465. The molecule has 0 aliphatic rings. The number of methoxy groups -OCH3 is 1. The molecule has 0 saturated heterocycles. The fourth-order valence-electron chi connectivity index (χ4n) is 2.63. The van der Waals surface area contributed by atoms with Gasteiger partial charge in [0.1, 0.15) is 19.0 Å². The van der Waals surface area contributed by atoms with Crippen LogP contribution in [-0.2, 0) is 32.0 Å². The Kier molecular flexibility index (Phi) is 10.1. The van der Waals surface area contributed by atoms with Gasteiger partial charge in [-0.15, -0.1) is 0 Å². The third kappa shape index (κ3) is 8.36. The van der Waals surface area contributed by atoms with Gasteiger partial charge in [0, 0.05) is 33.3 Å². The van der Waals surface area contributed by atoms with E-state index in [1.807, 2.05) is 6.07 Å². The number of alkyl carbamates (subject to hydrolysis) is 1. The van der Waals surface area contributed by atoms with E-state index in [0.29, 0.717) is 32.1 Å². The minimum Gasteiger partial charge on any atom is -0.480 e. The molecule has 0 fully saturated rings. The Morgan fingerprint density at radius 2 is 1.94 bits per heavy atom. The lowest BCUT2D eigenvalue weighted by Gasteiger charge is -2.17. The molecule has 2 aromatic rings. The van der Waals surface area contributed by atoms with E-state index < -0.39 is 18.1 Å². The molecule has 1 aromatic carbocycles. The Morgan fingerprint density at radius 3 is 2.62 bits per heavy atom. The number of aromatic nitrogens is 2.